The van der Waals surface area contributed by atoms with Gasteiger partial charge in [0.15, 0.2) is 17.3 Å². The van der Waals surface area contributed by atoms with Gasteiger partial charge >= 0.3 is 17.9 Å². The van der Waals surface area contributed by atoms with Gasteiger partial charge in [0.1, 0.15) is 11.3 Å². The summed E-state index contributed by atoms with van der Waals surface area (Å²) in [6, 6.07) is 14.5. The van der Waals surface area contributed by atoms with Crippen LogP contribution in [0.5, 0.6) is 0 Å². The number of methoxy groups -OCH3 is 2. The summed E-state index contributed by atoms with van der Waals surface area (Å²) in [4.78, 5) is 85.2. The van der Waals surface area contributed by atoms with E-state index in [-0.39, 0.29) is 67.4 Å². The molecule has 0 saturated heterocycles. The van der Waals surface area contributed by atoms with Gasteiger partial charge in [-0.05, 0) is 89.5 Å². The van der Waals surface area contributed by atoms with Crippen molar-refractivity contribution in [2.75, 3.05) is 14.2 Å². The minimum atomic E-state index is -1.85. The Hall–Kier alpha value is -4.70. The molecule has 2 unspecified atom stereocenters. The van der Waals surface area contributed by atoms with Crippen LogP contribution in [0.25, 0.3) is 0 Å². The summed E-state index contributed by atoms with van der Waals surface area (Å²) >= 11 is 3.37. The normalized spacial score (nSPS) is 22.2. The standard InChI is InChI=1S/C42H45BrO9/c1-26(2)17-19-41-24-40(23-33(45)51-7,22-28(5)21-32(44)50-6)25-42(39(41)49,20-18-27(3)4)37(52-38(48)30-13-15-31(43)16-14-30)34(36(41)47)35(46)29-11-9-8-10-12-29/h8-18H,5,19-25H2,1-4,6-7H3/t40-,41?,42?/m0/s1. The molecule has 52 heavy (non-hydrogen) atoms. The maximum atomic E-state index is 15.5. The van der Waals surface area contributed by atoms with Gasteiger partial charge in [0.05, 0.1) is 43.5 Å². The van der Waals surface area contributed by atoms with Crippen molar-refractivity contribution in [1.82, 2.24) is 0 Å². The third-order valence-corrected chi connectivity index (χ3v) is 10.3. The summed E-state index contributed by atoms with van der Waals surface area (Å²) in [5.41, 5.74) is -2.81. The molecule has 2 aliphatic carbocycles. The number of hydrogen-bond acceptors (Lipinski definition) is 9. The van der Waals surface area contributed by atoms with E-state index in [9.17, 15) is 19.2 Å². The molecule has 1 saturated carbocycles. The Labute approximate surface area is 313 Å². The van der Waals surface area contributed by atoms with E-state index in [0.717, 1.165) is 11.1 Å². The number of ketones is 3. The van der Waals surface area contributed by atoms with Gasteiger partial charge in [0.2, 0.25) is 0 Å². The molecule has 2 aromatic carbocycles. The number of halogens is 1. The molecule has 2 aromatic rings. The van der Waals surface area contributed by atoms with Crippen molar-refractivity contribution in [3.63, 3.8) is 0 Å². The molecule has 2 bridgehead atoms. The predicted molar refractivity (Wildman–Crippen MR) is 199 cm³/mol. The fraction of sp³-hybridized carbons (Fsp3) is 0.381. The van der Waals surface area contributed by atoms with E-state index in [2.05, 4.69) is 22.5 Å². The number of carbonyl (C=O) groups is 6. The summed E-state index contributed by atoms with van der Waals surface area (Å²) in [7, 11) is 2.51. The highest BCUT2D eigenvalue weighted by Gasteiger charge is 2.70. The lowest BCUT2D eigenvalue weighted by atomic mass is 9.43. The molecule has 274 valence electrons. The van der Waals surface area contributed by atoms with Crippen molar-refractivity contribution in [3.8, 4) is 0 Å². The summed E-state index contributed by atoms with van der Waals surface area (Å²) < 4.78 is 17.0. The Bertz CT molecular complexity index is 1880. The van der Waals surface area contributed by atoms with Gasteiger partial charge in [-0.2, -0.15) is 0 Å². The fourth-order valence-corrected chi connectivity index (χ4v) is 7.83. The summed E-state index contributed by atoms with van der Waals surface area (Å²) in [5.74, 6) is -4.32. The predicted octanol–water partition coefficient (Wildman–Crippen LogP) is 8.43. The monoisotopic (exact) mass is 772 g/mol. The second kappa shape index (κ2) is 16.3. The number of benzene rings is 2. The first-order valence-electron chi connectivity index (χ1n) is 17.0. The lowest BCUT2D eigenvalue weighted by molar-refractivity contribution is -0.164. The Morgan fingerprint density at radius 2 is 1.33 bits per heavy atom. The summed E-state index contributed by atoms with van der Waals surface area (Å²) in [5, 5.41) is 0. The average Bonchev–Trinajstić information content (AvgIpc) is 3.10. The third kappa shape index (κ3) is 8.33. The molecule has 0 amide bonds. The minimum Gasteiger partial charge on any atom is -0.469 e. The molecule has 0 aliphatic heterocycles. The topological polar surface area (TPSA) is 130 Å². The van der Waals surface area contributed by atoms with Crippen LogP contribution in [0, 0.1) is 16.2 Å². The van der Waals surface area contributed by atoms with Crippen molar-refractivity contribution in [2.24, 2.45) is 16.2 Å². The molecule has 2 aliphatic rings. The van der Waals surface area contributed by atoms with Crippen LogP contribution in [0.4, 0.5) is 0 Å². The van der Waals surface area contributed by atoms with Crippen LogP contribution in [-0.4, -0.2) is 49.5 Å². The molecule has 0 N–H and O–H groups in total. The van der Waals surface area contributed by atoms with E-state index < -0.39 is 51.5 Å². The highest BCUT2D eigenvalue weighted by Crippen LogP contribution is 2.65. The van der Waals surface area contributed by atoms with E-state index in [1.54, 1.807) is 48.5 Å². The first kappa shape index (κ1) is 40.1. The maximum absolute atomic E-state index is 15.5. The largest absolute Gasteiger partial charge is 0.469 e. The lowest BCUT2D eigenvalue weighted by Crippen LogP contribution is -2.62. The van der Waals surface area contributed by atoms with Crippen molar-refractivity contribution < 1.29 is 43.0 Å². The Morgan fingerprint density at radius 1 is 0.769 bits per heavy atom. The minimum absolute atomic E-state index is 0.0425. The van der Waals surface area contributed by atoms with Crippen LogP contribution in [0.15, 0.2) is 106 Å². The molecular weight excluding hydrogens is 728 g/mol. The van der Waals surface area contributed by atoms with E-state index in [1.165, 1.54) is 26.4 Å². The van der Waals surface area contributed by atoms with E-state index >= 15 is 9.59 Å². The lowest BCUT2D eigenvalue weighted by Gasteiger charge is -2.57. The Kier molecular flexibility index (Phi) is 12.6. The number of hydrogen-bond donors (Lipinski definition) is 0. The average molecular weight is 774 g/mol. The van der Waals surface area contributed by atoms with Gasteiger partial charge in [0, 0.05) is 10.0 Å². The summed E-state index contributed by atoms with van der Waals surface area (Å²) in [6.45, 7) is 11.5. The number of fused-ring (bicyclic) bond motifs is 2. The van der Waals surface area contributed by atoms with Crippen LogP contribution >= 0.6 is 15.9 Å². The van der Waals surface area contributed by atoms with Crippen LogP contribution < -0.4 is 0 Å². The molecule has 1 fully saturated rings. The zero-order valence-electron chi connectivity index (χ0n) is 30.6. The SMILES string of the molecule is C=C(CC(=O)OC)C[C@]1(CC(=O)OC)CC2(CC=C(C)C)C(=O)C(C(=O)c3ccccc3)=C(OC(=O)c3ccc(Br)cc3)C(CC=C(C)C)(C1)C2=O. The zero-order valence-corrected chi connectivity index (χ0v) is 32.1. The quantitative estimate of drug-likeness (QED) is 0.0464. The smallest absolute Gasteiger partial charge is 0.343 e. The van der Waals surface area contributed by atoms with Crippen LogP contribution in [0.2, 0.25) is 0 Å². The Morgan fingerprint density at radius 3 is 1.88 bits per heavy atom. The van der Waals surface area contributed by atoms with Crippen molar-refractivity contribution in [3.05, 3.63) is 117 Å². The Balaban J connectivity index is 2.15. The molecule has 0 aromatic heterocycles. The van der Waals surface area contributed by atoms with Crippen molar-refractivity contribution in [2.45, 2.75) is 72.6 Å². The van der Waals surface area contributed by atoms with Gasteiger partial charge in [0.25, 0.3) is 0 Å². The van der Waals surface area contributed by atoms with Crippen molar-refractivity contribution in [1.29, 1.82) is 0 Å². The number of Topliss-reactive ketones (excluding diaryl/α,β-unsaturated/α-hetero) is 3. The molecule has 0 heterocycles. The van der Waals surface area contributed by atoms with Crippen molar-refractivity contribution >= 4 is 51.2 Å². The van der Waals surface area contributed by atoms with Crippen LogP contribution in [0.3, 0.4) is 0 Å². The maximum Gasteiger partial charge on any atom is 0.343 e. The second-order valence-electron chi connectivity index (χ2n) is 14.4. The van der Waals surface area contributed by atoms with E-state index in [1.807, 2.05) is 33.8 Å². The van der Waals surface area contributed by atoms with Gasteiger partial charge in [-0.25, -0.2) is 4.79 Å². The highest BCUT2D eigenvalue weighted by atomic mass is 79.9. The first-order chi connectivity index (χ1) is 24.5. The molecule has 0 spiro atoms. The molecule has 3 atom stereocenters. The van der Waals surface area contributed by atoms with Crippen LogP contribution in [-0.2, 0) is 33.4 Å². The molecule has 4 rings (SSSR count). The highest BCUT2D eigenvalue weighted by molar-refractivity contribution is 9.10. The number of esters is 3. The third-order valence-electron chi connectivity index (χ3n) is 9.80. The van der Waals surface area contributed by atoms with E-state index in [0.29, 0.717) is 10.0 Å². The number of carbonyl (C=O) groups excluding carboxylic acids is 6. The zero-order chi connectivity index (χ0) is 38.4. The molecule has 9 nitrogen and oxygen atoms in total. The van der Waals surface area contributed by atoms with Gasteiger partial charge in [-0.15, -0.1) is 0 Å². The first-order valence-corrected chi connectivity index (χ1v) is 17.8. The second-order valence-corrected chi connectivity index (χ2v) is 15.3. The molecule has 0 radical (unpaired) electrons. The van der Waals surface area contributed by atoms with Crippen LogP contribution in [0.1, 0.15) is 93.4 Å². The fourth-order valence-electron chi connectivity index (χ4n) is 7.57. The van der Waals surface area contributed by atoms with E-state index in [4.69, 9.17) is 14.2 Å². The molecular formula is C42H45BrO9. The summed E-state index contributed by atoms with van der Waals surface area (Å²) in [6.07, 6.45) is 2.85. The molecule has 10 heteroatoms. The van der Waals surface area contributed by atoms with Gasteiger partial charge in [-0.1, -0.05) is 81.7 Å². The number of rotatable bonds is 14. The van der Waals surface area contributed by atoms with Gasteiger partial charge < -0.3 is 14.2 Å². The number of ether oxygens (including phenoxy) is 3. The number of allylic oxidation sites excluding steroid dienone is 6. The van der Waals surface area contributed by atoms with Gasteiger partial charge in [-0.3, -0.25) is 24.0 Å².